The molecule has 1 heterocycles. The van der Waals surface area contributed by atoms with Crippen LogP contribution in [0.2, 0.25) is 5.02 Å². The van der Waals surface area contributed by atoms with Crippen molar-refractivity contribution in [2.45, 2.75) is 31.0 Å². The monoisotopic (exact) mass is 391 g/mol. The highest BCUT2D eigenvalue weighted by atomic mass is 35.5. The van der Waals surface area contributed by atoms with Gasteiger partial charge in [-0.3, -0.25) is 0 Å². The number of esters is 1. The van der Waals surface area contributed by atoms with E-state index in [1.54, 1.807) is 0 Å². The SMILES string of the molecule is COCCOC(=O)c1ccc(Cl)c(S(=O)(=O)N2CC(C)OC(C)C2)c1. The molecule has 0 amide bonds. The van der Waals surface area contributed by atoms with Crippen LogP contribution in [0, 0.1) is 0 Å². The molecule has 0 aliphatic carbocycles. The van der Waals surface area contributed by atoms with Gasteiger partial charge in [0.2, 0.25) is 10.0 Å². The number of sulfonamides is 1. The van der Waals surface area contributed by atoms with E-state index in [-0.39, 0.29) is 54.0 Å². The molecule has 140 valence electrons. The third-order valence-corrected chi connectivity index (χ3v) is 6.00. The summed E-state index contributed by atoms with van der Waals surface area (Å²) in [5.74, 6) is -0.631. The molecule has 1 aliphatic heterocycles. The van der Waals surface area contributed by atoms with Crippen molar-refractivity contribution in [2.75, 3.05) is 33.4 Å². The van der Waals surface area contributed by atoms with E-state index >= 15 is 0 Å². The lowest BCUT2D eigenvalue weighted by Crippen LogP contribution is -2.48. The minimum atomic E-state index is -3.85. The van der Waals surface area contributed by atoms with Gasteiger partial charge in [0.1, 0.15) is 11.5 Å². The van der Waals surface area contributed by atoms with Gasteiger partial charge in [-0.05, 0) is 32.0 Å². The number of rotatable bonds is 6. The minimum Gasteiger partial charge on any atom is -0.460 e. The van der Waals surface area contributed by atoms with Crippen molar-refractivity contribution in [3.63, 3.8) is 0 Å². The van der Waals surface area contributed by atoms with Gasteiger partial charge in [-0.15, -0.1) is 0 Å². The van der Waals surface area contributed by atoms with Crippen molar-refractivity contribution >= 4 is 27.6 Å². The molecule has 1 fully saturated rings. The van der Waals surface area contributed by atoms with E-state index in [0.29, 0.717) is 0 Å². The summed E-state index contributed by atoms with van der Waals surface area (Å²) in [5, 5.41) is 0.0558. The van der Waals surface area contributed by atoms with Crippen molar-refractivity contribution in [1.82, 2.24) is 4.31 Å². The zero-order valence-electron chi connectivity index (χ0n) is 14.4. The Balaban J connectivity index is 2.28. The Labute approximate surface area is 152 Å². The molecule has 0 spiro atoms. The van der Waals surface area contributed by atoms with Gasteiger partial charge in [-0.1, -0.05) is 11.6 Å². The molecule has 1 saturated heterocycles. The first kappa shape index (κ1) is 20.1. The van der Waals surface area contributed by atoms with E-state index < -0.39 is 16.0 Å². The van der Waals surface area contributed by atoms with Crippen LogP contribution in [0.15, 0.2) is 23.1 Å². The topological polar surface area (TPSA) is 82.1 Å². The smallest absolute Gasteiger partial charge is 0.338 e. The molecule has 2 unspecified atom stereocenters. The van der Waals surface area contributed by atoms with Crippen LogP contribution in [-0.4, -0.2) is 64.3 Å². The fraction of sp³-hybridized carbons (Fsp3) is 0.562. The van der Waals surface area contributed by atoms with Crippen molar-refractivity contribution in [1.29, 1.82) is 0 Å². The summed E-state index contributed by atoms with van der Waals surface area (Å²) < 4.78 is 42.6. The number of hydrogen-bond acceptors (Lipinski definition) is 6. The summed E-state index contributed by atoms with van der Waals surface area (Å²) in [5.41, 5.74) is 0.119. The van der Waals surface area contributed by atoms with Gasteiger partial charge in [-0.2, -0.15) is 4.31 Å². The highest BCUT2D eigenvalue weighted by Gasteiger charge is 2.33. The van der Waals surface area contributed by atoms with Crippen LogP contribution in [0.25, 0.3) is 0 Å². The van der Waals surface area contributed by atoms with Crippen LogP contribution in [0.4, 0.5) is 0 Å². The summed E-state index contributed by atoms with van der Waals surface area (Å²) in [7, 11) is -2.36. The maximum atomic E-state index is 12.9. The lowest BCUT2D eigenvalue weighted by atomic mass is 10.2. The van der Waals surface area contributed by atoms with Gasteiger partial charge < -0.3 is 14.2 Å². The summed E-state index contributed by atoms with van der Waals surface area (Å²) in [6, 6.07) is 4.06. The Morgan fingerprint density at radius 2 is 1.92 bits per heavy atom. The Hall–Kier alpha value is -1.19. The predicted molar refractivity (Wildman–Crippen MR) is 92.4 cm³/mol. The second-order valence-electron chi connectivity index (χ2n) is 5.85. The number of carbonyl (C=O) groups is 1. The second-order valence-corrected chi connectivity index (χ2v) is 8.17. The Morgan fingerprint density at radius 3 is 2.52 bits per heavy atom. The fourth-order valence-corrected chi connectivity index (χ4v) is 4.69. The van der Waals surface area contributed by atoms with E-state index in [1.807, 2.05) is 13.8 Å². The number of ether oxygens (including phenoxy) is 3. The maximum Gasteiger partial charge on any atom is 0.338 e. The summed E-state index contributed by atoms with van der Waals surface area (Å²) in [4.78, 5) is 11.9. The Kier molecular flexibility index (Phi) is 6.81. The zero-order valence-corrected chi connectivity index (χ0v) is 16.0. The summed E-state index contributed by atoms with van der Waals surface area (Å²) in [6.07, 6.45) is -0.445. The van der Waals surface area contributed by atoms with Gasteiger partial charge in [0.05, 0.1) is 29.4 Å². The third kappa shape index (κ3) is 4.92. The second kappa shape index (κ2) is 8.46. The Bertz CT molecular complexity index is 713. The zero-order chi connectivity index (χ0) is 18.6. The average Bonchev–Trinajstić information content (AvgIpc) is 2.54. The molecule has 7 nitrogen and oxygen atoms in total. The average molecular weight is 392 g/mol. The normalized spacial score (nSPS) is 21.9. The highest BCUT2D eigenvalue weighted by molar-refractivity contribution is 7.89. The van der Waals surface area contributed by atoms with Crippen LogP contribution in [0.3, 0.4) is 0 Å². The van der Waals surface area contributed by atoms with Gasteiger partial charge in [0.15, 0.2) is 0 Å². The number of carbonyl (C=O) groups excluding carboxylic acids is 1. The summed E-state index contributed by atoms with van der Waals surface area (Å²) >= 11 is 6.10. The molecule has 2 rings (SSSR count). The Morgan fingerprint density at radius 1 is 1.28 bits per heavy atom. The third-order valence-electron chi connectivity index (χ3n) is 3.69. The van der Waals surface area contributed by atoms with Gasteiger partial charge in [0, 0.05) is 20.2 Å². The number of methoxy groups -OCH3 is 1. The minimum absolute atomic E-state index is 0.0558. The molecule has 0 saturated carbocycles. The number of nitrogens with zero attached hydrogens (tertiary/aromatic N) is 1. The van der Waals surface area contributed by atoms with Gasteiger partial charge >= 0.3 is 5.97 Å². The van der Waals surface area contributed by atoms with Crippen molar-refractivity contribution in [2.24, 2.45) is 0 Å². The highest BCUT2D eigenvalue weighted by Crippen LogP contribution is 2.28. The van der Waals surface area contributed by atoms with Crippen LogP contribution in [-0.2, 0) is 24.2 Å². The molecule has 9 heteroatoms. The lowest BCUT2D eigenvalue weighted by Gasteiger charge is -2.34. The van der Waals surface area contributed by atoms with Crippen LogP contribution in [0.5, 0.6) is 0 Å². The predicted octanol–water partition coefficient (Wildman–Crippen LogP) is 1.94. The van der Waals surface area contributed by atoms with E-state index in [1.165, 1.54) is 29.6 Å². The van der Waals surface area contributed by atoms with E-state index in [0.717, 1.165) is 0 Å². The van der Waals surface area contributed by atoms with E-state index in [9.17, 15) is 13.2 Å². The number of benzene rings is 1. The molecule has 0 bridgehead atoms. The molecule has 1 aliphatic rings. The lowest BCUT2D eigenvalue weighted by molar-refractivity contribution is -0.0440. The number of halogens is 1. The molecule has 2 atom stereocenters. The molecule has 0 radical (unpaired) electrons. The van der Waals surface area contributed by atoms with E-state index in [2.05, 4.69) is 0 Å². The molecule has 0 N–H and O–H groups in total. The first-order valence-electron chi connectivity index (χ1n) is 7.87. The van der Waals surface area contributed by atoms with Crippen molar-refractivity contribution in [3.05, 3.63) is 28.8 Å². The molecular weight excluding hydrogens is 370 g/mol. The largest absolute Gasteiger partial charge is 0.460 e. The number of hydrogen-bond donors (Lipinski definition) is 0. The molecule has 25 heavy (non-hydrogen) atoms. The molecular formula is C16H22ClNO6S. The fourth-order valence-electron chi connectivity index (χ4n) is 2.60. The van der Waals surface area contributed by atoms with Crippen LogP contribution >= 0.6 is 11.6 Å². The van der Waals surface area contributed by atoms with E-state index in [4.69, 9.17) is 25.8 Å². The quantitative estimate of drug-likeness (QED) is 0.544. The molecule has 0 aromatic heterocycles. The standard InChI is InChI=1S/C16H22ClNO6S/c1-11-9-18(10-12(2)24-11)25(20,21)15-8-13(4-5-14(15)17)16(19)23-7-6-22-3/h4-5,8,11-12H,6-7,9-10H2,1-3H3. The maximum absolute atomic E-state index is 12.9. The van der Waals surface area contributed by atoms with Crippen molar-refractivity contribution in [3.8, 4) is 0 Å². The number of morpholine rings is 1. The van der Waals surface area contributed by atoms with Crippen LogP contribution < -0.4 is 0 Å². The first-order valence-corrected chi connectivity index (χ1v) is 9.68. The van der Waals surface area contributed by atoms with Gasteiger partial charge in [-0.25, -0.2) is 13.2 Å². The van der Waals surface area contributed by atoms with Gasteiger partial charge in [0.25, 0.3) is 0 Å². The molecule has 1 aromatic carbocycles. The first-order chi connectivity index (χ1) is 11.8. The summed E-state index contributed by atoms with van der Waals surface area (Å²) in [6.45, 7) is 4.41. The molecule has 1 aromatic rings. The van der Waals surface area contributed by atoms with Crippen LogP contribution in [0.1, 0.15) is 24.2 Å². The van der Waals surface area contributed by atoms with Crippen molar-refractivity contribution < 1.29 is 27.4 Å².